The molecule has 14 heteroatoms. The number of halogens is 6. The van der Waals surface area contributed by atoms with Crippen LogP contribution in [0.2, 0.25) is 0 Å². The lowest BCUT2D eigenvalue weighted by atomic mass is 9.92. The van der Waals surface area contributed by atoms with E-state index in [9.17, 15) is 39.9 Å². The number of alkyl halides is 6. The SMILES string of the molecule is CC(C)=C[C@H]1CN(S(=O)(=O)c2ccc(N)nc2)CCN1c1ccc(C(O)(C(F)(F)F)C(F)(F)F)cc1. The minimum atomic E-state index is -5.99. The average Bonchev–Trinajstić information content (AvgIpc) is 2.77. The first kappa shape index (κ1) is 27.7. The van der Waals surface area contributed by atoms with E-state index in [0.29, 0.717) is 12.1 Å². The third-order valence-electron chi connectivity index (χ3n) is 5.74. The molecule has 0 bridgehead atoms. The summed E-state index contributed by atoms with van der Waals surface area (Å²) in [5.41, 5.74) is 0.197. The summed E-state index contributed by atoms with van der Waals surface area (Å²) in [6.07, 6.45) is -9.10. The molecule has 7 nitrogen and oxygen atoms in total. The predicted molar refractivity (Wildman–Crippen MR) is 120 cm³/mol. The van der Waals surface area contributed by atoms with Gasteiger partial charge in [-0.2, -0.15) is 30.6 Å². The van der Waals surface area contributed by atoms with Crippen LogP contribution >= 0.6 is 0 Å². The van der Waals surface area contributed by atoms with Gasteiger partial charge >= 0.3 is 12.4 Å². The number of nitrogen functional groups attached to an aromatic ring is 1. The Morgan fingerprint density at radius 1 is 1.03 bits per heavy atom. The zero-order valence-electron chi connectivity index (χ0n) is 19.2. The van der Waals surface area contributed by atoms with Crippen molar-refractivity contribution in [3.63, 3.8) is 0 Å². The molecule has 0 saturated carbocycles. The monoisotopic (exact) mass is 538 g/mol. The molecule has 1 aromatic carbocycles. The fourth-order valence-electron chi connectivity index (χ4n) is 3.93. The summed E-state index contributed by atoms with van der Waals surface area (Å²) in [5, 5.41) is 9.62. The molecule has 1 aromatic heterocycles. The highest BCUT2D eigenvalue weighted by atomic mass is 32.2. The number of allylic oxidation sites excluding steroid dienone is 1. The number of anilines is 2. The van der Waals surface area contributed by atoms with Gasteiger partial charge in [-0.05, 0) is 38.1 Å². The van der Waals surface area contributed by atoms with Crippen molar-refractivity contribution < 1.29 is 39.9 Å². The van der Waals surface area contributed by atoms with E-state index in [1.807, 2.05) is 0 Å². The molecular weight excluding hydrogens is 514 g/mol. The highest BCUT2D eigenvalue weighted by molar-refractivity contribution is 7.89. The van der Waals surface area contributed by atoms with Crippen molar-refractivity contribution in [3.8, 4) is 0 Å². The van der Waals surface area contributed by atoms with E-state index in [1.54, 1.807) is 24.8 Å². The summed E-state index contributed by atoms with van der Waals surface area (Å²) >= 11 is 0. The van der Waals surface area contributed by atoms with E-state index in [1.165, 1.54) is 16.4 Å². The van der Waals surface area contributed by atoms with Gasteiger partial charge in [0.2, 0.25) is 10.0 Å². The lowest BCUT2D eigenvalue weighted by Gasteiger charge is -2.41. The Kier molecular flexibility index (Phi) is 7.37. The molecule has 0 unspecified atom stereocenters. The average molecular weight is 539 g/mol. The van der Waals surface area contributed by atoms with E-state index >= 15 is 0 Å². The van der Waals surface area contributed by atoms with Crippen LogP contribution in [0.15, 0.2) is 59.1 Å². The van der Waals surface area contributed by atoms with E-state index < -0.39 is 39.6 Å². The van der Waals surface area contributed by atoms with Crippen molar-refractivity contribution in [2.45, 2.75) is 42.7 Å². The van der Waals surface area contributed by atoms with Crippen LogP contribution in [0, 0.1) is 0 Å². The molecule has 0 spiro atoms. The van der Waals surface area contributed by atoms with Gasteiger partial charge in [-0.1, -0.05) is 23.8 Å². The minimum absolute atomic E-state index is 0.00337. The van der Waals surface area contributed by atoms with Gasteiger partial charge in [0.15, 0.2) is 0 Å². The highest BCUT2D eigenvalue weighted by Gasteiger charge is 2.71. The molecule has 1 atom stereocenters. The van der Waals surface area contributed by atoms with Gasteiger partial charge in [0, 0.05) is 37.1 Å². The number of aromatic nitrogens is 1. The van der Waals surface area contributed by atoms with Crippen LogP contribution in [0.3, 0.4) is 0 Å². The summed E-state index contributed by atoms with van der Waals surface area (Å²) in [6.45, 7) is 3.60. The second-order valence-corrected chi connectivity index (χ2v) is 10.5. The molecule has 1 fully saturated rings. The molecule has 0 radical (unpaired) electrons. The number of rotatable bonds is 5. The van der Waals surface area contributed by atoms with Crippen LogP contribution in [0.4, 0.5) is 37.8 Å². The largest absolute Gasteiger partial charge is 0.430 e. The molecule has 2 aromatic rings. The van der Waals surface area contributed by atoms with E-state index in [0.717, 1.165) is 23.9 Å². The smallest absolute Gasteiger partial charge is 0.384 e. The van der Waals surface area contributed by atoms with Crippen LogP contribution in [-0.4, -0.2) is 60.8 Å². The Bertz CT molecular complexity index is 1190. The molecule has 2 heterocycles. The second kappa shape index (κ2) is 9.56. The Balaban J connectivity index is 1.93. The predicted octanol–water partition coefficient (Wildman–Crippen LogP) is 3.82. The van der Waals surface area contributed by atoms with Crippen molar-refractivity contribution >= 4 is 21.5 Å². The van der Waals surface area contributed by atoms with Crippen LogP contribution in [0.25, 0.3) is 0 Å². The number of nitrogens with two attached hydrogens (primary N) is 1. The first-order chi connectivity index (χ1) is 16.5. The molecule has 3 rings (SSSR count). The van der Waals surface area contributed by atoms with Gasteiger partial charge < -0.3 is 15.7 Å². The maximum atomic E-state index is 13.2. The first-order valence-electron chi connectivity index (χ1n) is 10.6. The normalized spacial score (nSPS) is 18.2. The Morgan fingerprint density at radius 3 is 2.08 bits per heavy atom. The Morgan fingerprint density at radius 2 is 1.61 bits per heavy atom. The van der Waals surface area contributed by atoms with Crippen LogP contribution in [0.5, 0.6) is 0 Å². The van der Waals surface area contributed by atoms with Gasteiger partial charge in [-0.15, -0.1) is 0 Å². The number of hydrogen-bond donors (Lipinski definition) is 2. The summed E-state index contributed by atoms with van der Waals surface area (Å²) in [4.78, 5) is 5.41. The zero-order valence-corrected chi connectivity index (χ0v) is 20.0. The van der Waals surface area contributed by atoms with Crippen molar-refractivity contribution in [2.24, 2.45) is 0 Å². The number of aliphatic hydroxyl groups is 1. The van der Waals surface area contributed by atoms with Crippen LogP contribution < -0.4 is 10.6 Å². The number of piperazine rings is 1. The molecule has 36 heavy (non-hydrogen) atoms. The van der Waals surface area contributed by atoms with Gasteiger partial charge in [-0.3, -0.25) is 0 Å². The minimum Gasteiger partial charge on any atom is -0.384 e. The second-order valence-electron chi connectivity index (χ2n) is 8.54. The molecule has 1 aliphatic heterocycles. The molecule has 0 amide bonds. The highest BCUT2D eigenvalue weighted by Crippen LogP contribution is 2.50. The van der Waals surface area contributed by atoms with Gasteiger partial charge in [0.05, 0.1) is 6.04 Å². The Hall–Kier alpha value is -2.84. The molecular formula is C22H24F6N4O3S. The lowest BCUT2D eigenvalue weighted by molar-refractivity contribution is -0.376. The summed E-state index contributed by atoms with van der Waals surface area (Å²) in [5.74, 6) is 0.146. The molecule has 1 saturated heterocycles. The fraction of sp³-hybridized carbons (Fsp3) is 0.409. The number of pyridine rings is 1. The Labute approximate surface area is 203 Å². The number of benzene rings is 1. The van der Waals surface area contributed by atoms with Gasteiger partial charge in [-0.25, -0.2) is 13.4 Å². The molecule has 0 aliphatic carbocycles. The van der Waals surface area contributed by atoms with Gasteiger partial charge in [0.25, 0.3) is 5.60 Å². The van der Waals surface area contributed by atoms with Crippen molar-refractivity contribution in [3.05, 3.63) is 59.8 Å². The number of nitrogens with zero attached hydrogens (tertiary/aromatic N) is 3. The van der Waals surface area contributed by atoms with Crippen LogP contribution in [-0.2, 0) is 15.6 Å². The number of hydrogen-bond acceptors (Lipinski definition) is 6. The molecule has 198 valence electrons. The quantitative estimate of drug-likeness (QED) is 0.444. The molecule has 1 aliphatic rings. The van der Waals surface area contributed by atoms with Crippen molar-refractivity contribution in [2.75, 3.05) is 30.3 Å². The van der Waals surface area contributed by atoms with Crippen molar-refractivity contribution in [1.82, 2.24) is 9.29 Å². The maximum absolute atomic E-state index is 13.2. The maximum Gasteiger partial charge on any atom is 0.430 e. The van der Waals surface area contributed by atoms with Crippen molar-refractivity contribution in [1.29, 1.82) is 0 Å². The molecule has 3 N–H and O–H groups in total. The third kappa shape index (κ3) is 5.15. The summed E-state index contributed by atoms with van der Waals surface area (Å²) in [7, 11) is -3.94. The summed E-state index contributed by atoms with van der Waals surface area (Å²) in [6, 6.07) is 5.31. The first-order valence-corrected chi connectivity index (χ1v) is 12.0. The van der Waals surface area contributed by atoms with Gasteiger partial charge in [0.1, 0.15) is 10.7 Å². The third-order valence-corrected chi connectivity index (χ3v) is 7.59. The standard InChI is InChI=1S/C22H24F6N4O3S/c1-14(2)11-17-13-31(36(34,35)18-7-8-19(29)30-12-18)9-10-32(17)16-5-3-15(4-6-16)20(33,21(23,24)25)22(26,27)28/h3-8,11-12,17,33H,9-10,13H2,1-2H3,(H2,29,30)/t17-/m0/s1. The summed E-state index contributed by atoms with van der Waals surface area (Å²) < 4.78 is 107. The topological polar surface area (TPSA) is 99.8 Å². The van der Waals surface area contributed by atoms with E-state index in [4.69, 9.17) is 5.73 Å². The fourth-order valence-corrected chi connectivity index (χ4v) is 5.32. The van der Waals surface area contributed by atoms with E-state index in [-0.39, 0.29) is 36.0 Å². The lowest BCUT2D eigenvalue weighted by Crippen LogP contribution is -2.54. The number of sulfonamides is 1. The zero-order chi connectivity index (χ0) is 27.1. The van der Waals surface area contributed by atoms with Crippen LogP contribution in [0.1, 0.15) is 19.4 Å². The van der Waals surface area contributed by atoms with E-state index in [2.05, 4.69) is 4.98 Å².